The van der Waals surface area contributed by atoms with Crippen LogP contribution in [-0.4, -0.2) is 58.2 Å². The molecule has 0 spiro atoms. The highest BCUT2D eigenvalue weighted by atomic mass is 32.2. The van der Waals surface area contributed by atoms with Gasteiger partial charge in [0.2, 0.25) is 0 Å². The van der Waals surface area contributed by atoms with Crippen LogP contribution in [0.25, 0.3) is 0 Å². The third kappa shape index (κ3) is 5.60. The highest BCUT2D eigenvalue weighted by Gasteiger charge is 2.27. The van der Waals surface area contributed by atoms with Crippen LogP contribution in [0.2, 0.25) is 0 Å². The molecule has 3 N–H and O–H groups in total. The molecule has 4 aromatic rings. The van der Waals surface area contributed by atoms with Crippen molar-refractivity contribution < 1.29 is 27.5 Å². The molecule has 0 aliphatic carbocycles. The molecular formula is C27H27N7O6S. The van der Waals surface area contributed by atoms with E-state index in [-0.39, 0.29) is 34.1 Å². The van der Waals surface area contributed by atoms with E-state index in [0.29, 0.717) is 30.8 Å². The number of anilines is 2. The van der Waals surface area contributed by atoms with Crippen LogP contribution >= 0.6 is 0 Å². The van der Waals surface area contributed by atoms with Crippen molar-refractivity contribution in [3.05, 3.63) is 89.1 Å². The number of aromatic nitrogens is 4. The van der Waals surface area contributed by atoms with Crippen LogP contribution in [0.4, 0.5) is 16.3 Å². The van der Waals surface area contributed by atoms with Gasteiger partial charge < -0.3 is 20.7 Å². The molecule has 5 rings (SSSR count). The third-order valence-corrected chi connectivity index (χ3v) is 8.09. The zero-order chi connectivity index (χ0) is 29.1. The van der Waals surface area contributed by atoms with E-state index in [1.54, 1.807) is 19.1 Å². The Morgan fingerprint density at radius 3 is 2.61 bits per heavy atom. The maximum atomic E-state index is 13.3. The van der Waals surface area contributed by atoms with Crippen LogP contribution < -0.4 is 16.0 Å². The normalized spacial score (nSPS) is 12.8. The van der Waals surface area contributed by atoms with Gasteiger partial charge in [0.05, 0.1) is 40.2 Å². The first-order valence-corrected chi connectivity index (χ1v) is 14.2. The van der Waals surface area contributed by atoms with Crippen LogP contribution in [0.1, 0.15) is 44.5 Å². The Hall–Kier alpha value is -4.82. The number of carbonyl (C=O) groups is 3. The molecule has 1 aliphatic heterocycles. The van der Waals surface area contributed by atoms with E-state index in [4.69, 9.17) is 4.74 Å². The quantitative estimate of drug-likeness (QED) is 0.299. The Morgan fingerprint density at radius 1 is 1.07 bits per heavy atom. The number of rotatable bonds is 7. The summed E-state index contributed by atoms with van der Waals surface area (Å²) in [6.07, 6.45) is 5.05. The van der Waals surface area contributed by atoms with Crippen LogP contribution in [0, 0.1) is 6.92 Å². The van der Waals surface area contributed by atoms with Gasteiger partial charge in [0.1, 0.15) is 0 Å². The number of aryl methyl sites for hydroxylation is 1. The molecule has 0 radical (unpaired) electrons. The summed E-state index contributed by atoms with van der Waals surface area (Å²) in [6, 6.07) is 9.14. The monoisotopic (exact) mass is 577 g/mol. The highest BCUT2D eigenvalue weighted by molar-refractivity contribution is 7.90. The average molecular weight is 578 g/mol. The van der Waals surface area contributed by atoms with Crippen molar-refractivity contribution in [2.45, 2.75) is 31.7 Å². The van der Waals surface area contributed by atoms with Gasteiger partial charge in [0, 0.05) is 43.7 Å². The molecule has 212 valence electrons. The molecule has 1 aromatic carbocycles. The van der Waals surface area contributed by atoms with Gasteiger partial charge in [0.15, 0.2) is 5.82 Å². The number of nitrogens with zero attached hydrogens (tertiary/aromatic N) is 4. The van der Waals surface area contributed by atoms with Crippen molar-refractivity contribution in [3.63, 3.8) is 0 Å². The molecule has 0 unspecified atom stereocenters. The summed E-state index contributed by atoms with van der Waals surface area (Å²) >= 11 is 0. The fourth-order valence-electron chi connectivity index (χ4n) is 4.34. The van der Waals surface area contributed by atoms with Gasteiger partial charge in [-0.1, -0.05) is 17.7 Å². The number of fused-ring (bicyclic) bond motifs is 1. The molecule has 14 heteroatoms. The lowest BCUT2D eigenvalue weighted by atomic mass is 10.1. The first kappa shape index (κ1) is 27.7. The first-order valence-electron chi connectivity index (χ1n) is 12.7. The SMILES string of the molecule is CCOC(=O)n1nc(NC(=O)c2ccncc2NC(=O)c2ccn(S(=O)(=O)c3ccc(C)cc3)c2)c2c1CCNC2. The second-order valence-electron chi connectivity index (χ2n) is 9.19. The van der Waals surface area contributed by atoms with Crippen LogP contribution in [0.15, 0.2) is 66.1 Å². The topological polar surface area (TPSA) is 166 Å². The zero-order valence-electron chi connectivity index (χ0n) is 22.2. The molecule has 3 aromatic heterocycles. The smallest absolute Gasteiger partial charge is 0.434 e. The standard InChI is InChI=1S/C27H27N7O6S/c1-3-40-27(37)34-23-9-12-28-14-21(23)24(32-34)31-26(36)20-8-11-29-15-22(20)30-25(35)18-10-13-33(16-18)41(38,39)19-6-4-17(2)5-7-19/h4-8,10-11,13,15-16,28H,3,9,12,14H2,1-2H3,(H,30,35)(H,31,32,36). The molecule has 2 amide bonds. The predicted molar refractivity (Wildman–Crippen MR) is 148 cm³/mol. The molecule has 0 saturated heterocycles. The van der Waals surface area contributed by atoms with Gasteiger partial charge in [-0.2, -0.15) is 4.68 Å². The second kappa shape index (κ2) is 11.3. The number of carbonyl (C=O) groups excluding carboxylic acids is 3. The fraction of sp³-hybridized carbons (Fsp3) is 0.222. The molecule has 1 aliphatic rings. The van der Waals surface area contributed by atoms with Gasteiger partial charge in [-0.15, -0.1) is 5.10 Å². The van der Waals surface area contributed by atoms with Gasteiger partial charge in [0.25, 0.3) is 21.8 Å². The average Bonchev–Trinajstić information content (AvgIpc) is 3.60. The van der Waals surface area contributed by atoms with Crippen molar-refractivity contribution in [1.82, 2.24) is 24.1 Å². The third-order valence-electron chi connectivity index (χ3n) is 6.44. The molecular weight excluding hydrogens is 550 g/mol. The maximum absolute atomic E-state index is 13.3. The van der Waals surface area contributed by atoms with Gasteiger partial charge in [-0.3, -0.25) is 14.6 Å². The van der Waals surface area contributed by atoms with Crippen molar-refractivity contribution in [1.29, 1.82) is 0 Å². The largest absolute Gasteiger partial charge is 0.448 e. The summed E-state index contributed by atoms with van der Waals surface area (Å²) < 4.78 is 33.1. The zero-order valence-corrected chi connectivity index (χ0v) is 23.1. The van der Waals surface area contributed by atoms with Crippen LogP contribution in [0.3, 0.4) is 0 Å². The number of amides is 2. The van der Waals surface area contributed by atoms with E-state index in [9.17, 15) is 22.8 Å². The van der Waals surface area contributed by atoms with Crippen molar-refractivity contribution in [2.24, 2.45) is 0 Å². The minimum Gasteiger partial charge on any atom is -0.448 e. The molecule has 0 bridgehead atoms. The summed E-state index contributed by atoms with van der Waals surface area (Å²) in [6.45, 7) is 4.75. The van der Waals surface area contributed by atoms with E-state index in [0.717, 1.165) is 14.2 Å². The Balaban J connectivity index is 1.36. The summed E-state index contributed by atoms with van der Waals surface area (Å²) in [5, 5.41) is 12.8. The fourth-order valence-corrected chi connectivity index (χ4v) is 5.54. The second-order valence-corrected chi connectivity index (χ2v) is 11.0. The van der Waals surface area contributed by atoms with Crippen LogP contribution in [-0.2, 0) is 27.7 Å². The molecule has 4 heterocycles. The highest BCUT2D eigenvalue weighted by Crippen LogP contribution is 2.25. The van der Waals surface area contributed by atoms with E-state index in [2.05, 4.69) is 26.0 Å². The number of hydrogen-bond acceptors (Lipinski definition) is 9. The Morgan fingerprint density at radius 2 is 1.85 bits per heavy atom. The Bertz CT molecular complexity index is 1740. The minimum atomic E-state index is -3.90. The van der Waals surface area contributed by atoms with Crippen molar-refractivity contribution in [3.8, 4) is 0 Å². The van der Waals surface area contributed by atoms with E-state index >= 15 is 0 Å². The summed E-state index contributed by atoms with van der Waals surface area (Å²) in [5.74, 6) is -1.04. The van der Waals surface area contributed by atoms with E-state index < -0.39 is 27.9 Å². The molecule has 0 atom stereocenters. The first-order chi connectivity index (χ1) is 19.7. The Labute approximate surface area is 235 Å². The summed E-state index contributed by atoms with van der Waals surface area (Å²) in [5.41, 5.74) is 2.46. The van der Waals surface area contributed by atoms with Crippen LogP contribution in [0.5, 0.6) is 0 Å². The number of nitrogens with one attached hydrogen (secondary N) is 3. The summed E-state index contributed by atoms with van der Waals surface area (Å²) in [4.78, 5) is 42.8. The lowest BCUT2D eigenvalue weighted by Gasteiger charge is -2.15. The minimum absolute atomic E-state index is 0.0595. The summed E-state index contributed by atoms with van der Waals surface area (Å²) in [7, 11) is -3.90. The lowest BCUT2D eigenvalue weighted by molar-refractivity contribution is 0.102. The van der Waals surface area contributed by atoms with Crippen molar-refractivity contribution in [2.75, 3.05) is 23.8 Å². The maximum Gasteiger partial charge on any atom is 0.434 e. The van der Waals surface area contributed by atoms with Gasteiger partial charge in [-0.05, 0) is 38.1 Å². The molecule has 13 nitrogen and oxygen atoms in total. The van der Waals surface area contributed by atoms with E-state index in [1.807, 2.05) is 6.92 Å². The number of pyridine rings is 1. The molecule has 0 fully saturated rings. The molecule has 0 saturated carbocycles. The van der Waals surface area contributed by atoms with E-state index in [1.165, 1.54) is 49.1 Å². The Kier molecular flexibility index (Phi) is 7.68. The lowest BCUT2D eigenvalue weighted by Crippen LogP contribution is -2.27. The number of ether oxygens (including phenoxy) is 1. The number of benzene rings is 1. The van der Waals surface area contributed by atoms with Crippen molar-refractivity contribution >= 4 is 39.4 Å². The molecule has 41 heavy (non-hydrogen) atoms. The van der Waals surface area contributed by atoms with Gasteiger partial charge >= 0.3 is 6.09 Å². The van der Waals surface area contributed by atoms with Gasteiger partial charge in [-0.25, -0.2) is 17.2 Å². The number of hydrogen-bond donors (Lipinski definition) is 3. The predicted octanol–water partition coefficient (Wildman–Crippen LogP) is 2.78.